The number of piperidine rings is 1. The Kier molecular flexibility index (Phi) is 7.43. The minimum Gasteiger partial charge on any atom is -0.504 e. The van der Waals surface area contributed by atoms with Crippen LogP contribution in [0.2, 0.25) is 0 Å². The van der Waals surface area contributed by atoms with Gasteiger partial charge in [0.25, 0.3) is 5.91 Å². The lowest BCUT2D eigenvalue weighted by atomic mass is 9.89. The second-order valence-electron chi connectivity index (χ2n) is 8.72. The molecule has 1 aromatic heterocycles. The highest BCUT2D eigenvalue weighted by Gasteiger charge is 2.26. The number of halogens is 1. The SMILES string of the molecule is COc1cccc(CN2CCC(c3nc(C)ccc3C(=O)NCc3cccc(F)c3)CC2)c1O. The zero-order valence-electron chi connectivity index (χ0n) is 19.6. The van der Waals surface area contributed by atoms with E-state index in [0.29, 0.717) is 23.4 Å². The Balaban J connectivity index is 1.42. The lowest BCUT2D eigenvalue weighted by Crippen LogP contribution is -2.34. The van der Waals surface area contributed by atoms with Crippen LogP contribution in [-0.4, -0.2) is 41.1 Å². The maximum Gasteiger partial charge on any atom is 0.253 e. The summed E-state index contributed by atoms with van der Waals surface area (Å²) in [5.74, 6) is 0.314. The summed E-state index contributed by atoms with van der Waals surface area (Å²) in [4.78, 5) is 20.0. The lowest BCUT2D eigenvalue weighted by Gasteiger charge is -2.32. The highest BCUT2D eigenvalue weighted by Crippen LogP contribution is 2.33. The molecule has 34 heavy (non-hydrogen) atoms. The van der Waals surface area contributed by atoms with Gasteiger partial charge in [0, 0.05) is 30.3 Å². The van der Waals surface area contributed by atoms with E-state index in [-0.39, 0.29) is 29.9 Å². The largest absolute Gasteiger partial charge is 0.504 e. The Morgan fingerprint density at radius 1 is 1.18 bits per heavy atom. The first kappa shape index (κ1) is 23.7. The maximum atomic E-state index is 13.4. The van der Waals surface area contributed by atoms with Crippen LogP contribution in [0.1, 0.15) is 51.6 Å². The summed E-state index contributed by atoms with van der Waals surface area (Å²) in [5, 5.41) is 13.3. The molecule has 1 aliphatic heterocycles. The molecule has 3 aromatic rings. The van der Waals surface area contributed by atoms with Crippen LogP contribution in [0.15, 0.2) is 54.6 Å². The van der Waals surface area contributed by atoms with E-state index in [1.165, 1.54) is 12.1 Å². The number of hydrogen-bond donors (Lipinski definition) is 2. The molecule has 0 atom stereocenters. The monoisotopic (exact) mass is 463 g/mol. The zero-order valence-corrected chi connectivity index (χ0v) is 19.6. The smallest absolute Gasteiger partial charge is 0.253 e. The van der Waals surface area contributed by atoms with Crippen LogP contribution in [-0.2, 0) is 13.1 Å². The first-order valence-electron chi connectivity index (χ1n) is 11.5. The van der Waals surface area contributed by atoms with E-state index in [0.717, 1.165) is 42.9 Å². The van der Waals surface area contributed by atoms with E-state index >= 15 is 0 Å². The number of phenols is 1. The third-order valence-electron chi connectivity index (χ3n) is 6.32. The van der Waals surface area contributed by atoms with Gasteiger partial charge in [-0.15, -0.1) is 0 Å². The lowest BCUT2D eigenvalue weighted by molar-refractivity contribution is 0.0947. The quantitative estimate of drug-likeness (QED) is 0.538. The molecule has 2 aromatic carbocycles. The molecular formula is C27H30FN3O3. The van der Waals surface area contributed by atoms with Crippen molar-refractivity contribution in [3.8, 4) is 11.5 Å². The van der Waals surface area contributed by atoms with E-state index in [1.54, 1.807) is 25.3 Å². The fourth-order valence-corrected chi connectivity index (χ4v) is 4.47. The summed E-state index contributed by atoms with van der Waals surface area (Å²) >= 11 is 0. The van der Waals surface area contributed by atoms with Gasteiger partial charge >= 0.3 is 0 Å². The second kappa shape index (κ2) is 10.7. The van der Waals surface area contributed by atoms with Gasteiger partial charge in [-0.05, 0) is 68.8 Å². The van der Waals surface area contributed by atoms with Gasteiger partial charge in [-0.1, -0.05) is 24.3 Å². The molecule has 7 heteroatoms. The molecule has 1 saturated heterocycles. The van der Waals surface area contributed by atoms with Gasteiger partial charge < -0.3 is 15.2 Å². The molecule has 0 aliphatic carbocycles. The van der Waals surface area contributed by atoms with Crippen molar-refractivity contribution in [3.05, 3.63) is 88.5 Å². The third-order valence-corrected chi connectivity index (χ3v) is 6.32. The number of likely N-dealkylation sites (tertiary alicyclic amines) is 1. The maximum absolute atomic E-state index is 13.4. The van der Waals surface area contributed by atoms with Crippen molar-refractivity contribution in [3.63, 3.8) is 0 Å². The number of benzene rings is 2. The van der Waals surface area contributed by atoms with Crippen molar-refractivity contribution in [2.24, 2.45) is 0 Å². The van der Waals surface area contributed by atoms with Crippen LogP contribution >= 0.6 is 0 Å². The second-order valence-corrected chi connectivity index (χ2v) is 8.72. The van der Waals surface area contributed by atoms with Crippen LogP contribution in [0.5, 0.6) is 11.5 Å². The number of rotatable bonds is 7. The number of para-hydroxylation sites is 1. The minimum absolute atomic E-state index is 0.171. The van der Waals surface area contributed by atoms with Crippen molar-refractivity contribution < 1.29 is 19.0 Å². The molecule has 4 rings (SSSR count). The number of carbonyl (C=O) groups is 1. The van der Waals surface area contributed by atoms with E-state index in [1.807, 2.05) is 31.2 Å². The summed E-state index contributed by atoms with van der Waals surface area (Å²) in [5.41, 5.74) is 3.82. The topological polar surface area (TPSA) is 74.7 Å². The number of amides is 1. The van der Waals surface area contributed by atoms with E-state index in [4.69, 9.17) is 9.72 Å². The molecule has 0 saturated carbocycles. The van der Waals surface area contributed by atoms with Crippen LogP contribution in [0.25, 0.3) is 0 Å². The third kappa shape index (κ3) is 5.54. The standard InChI is InChI=1S/C27H30FN3O3/c1-18-9-10-23(27(33)29-16-19-5-3-7-22(28)15-19)25(30-18)20-11-13-31(14-12-20)17-21-6-4-8-24(34-2)26(21)32/h3-10,15,20,32H,11-14,16-17H2,1-2H3,(H,29,33). The zero-order chi connectivity index (χ0) is 24.1. The van der Waals surface area contributed by atoms with Gasteiger partial charge in [-0.3, -0.25) is 14.7 Å². The number of aromatic nitrogens is 1. The van der Waals surface area contributed by atoms with Crippen LogP contribution in [0, 0.1) is 12.7 Å². The molecule has 0 bridgehead atoms. The molecule has 0 radical (unpaired) electrons. The molecule has 1 fully saturated rings. The number of methoxy groups -OCH3 is 1. The summed E-state index contributed by atoms with van der Waals surface area (Å²) in [6.45, 7) is 4.49. The van der Waals surface area contributed by atoms with Crippen molar-refractivity contribution >= 4 is 5.91 Å². The minimum atomic E-state index is -0.321. The van der Waals surface area contributed by atoms with Gasteiger partial charge in [-0.2, -0.15) is 0 Å². The first-order chi connectivity index (χ1) is 16.4. The molecule has 0 spiro atoms. The van der Waals surface area contributed by atoms with E-state index in [9.17, 15) is 14.3 Å². The van der Waals surface area contributed by atoms with Crippen LogP contribution in [0.4, 0.5) is 4.39 Å². The molecule has 2 N–H and O–H groups in total. The van der Waals surface area contributed by atoms with Crippen LogP contribution < -0.4 is 10.1 Å². The molecule has 1 amide bonds. The Labute approximate surface area is 199 Å². The predicted octanol–water partition coefficient (Wildman–Crippen LogP) is 4.55. The molecule has 178 valence electrons. The number of aromatic hydroxyl groups is 1. The number of ether oxygens (including phenoxy) is 1. The number of aryl methyl sites for hydroxylation is 1. The Hall–Kier alpha value is -3.45. The summed E-state index contributed by atoms with van der Waals surface area (Å²) < 4.78 is 18.7. The van der Waals surface area contributed by atoms with Crippen molar-refractivity contribution in [2.45, 2.75) is 38.8 Å². The number of carbonyl (C=O) groups excluding carboxylic acids is 1. The average Bonchev–Trinajstić information content (AvgIpc) is 2.84. The van der Waals surface area contributed by atoms with Gasteiger partial charge in [-0.25, -0.2) is 4.39 Å². The summed E-state index contributed by atoms with van der Waals surface area (Å²) in [6.07, 6.45) is 1.73. The van der Waals surface area contributed by atoms with Crippen molar-refractivity contribution in [2.75, 3.05) is 20.2 Å². The van der Waals surface area contributed by atoms with Gasteiger partial charge in [0.2, 0.25) is 0 Å². The van der Waals surface area contributed by atoms with E-state index < -0.39 is 0 Å². The number of nitrogens with zero attached hydrogens (tertiary/aromatic N) is 2. The number of phenolic OH excluding ortho intramolecular Hbond substituents is 1. The molecule has 1 aliphatic rings. The first-order valence-corrected chi connectivity index (χ1v) is 11.5. The number of nitrogens with one attached hydrogen (secondary N) is 1. The predicted molar refractivity (Wildman–Crippen MR) is 128 cm³/mol. The van der Waals surface area contributed by atoms with Gasteiger partial charge in [0.15, 0.2) is 11.5 Å². The van der Waals surface area contributed by atoms with Crippen molar-refractivity contribution in [1.29, 1.82) is 0 Å². The molecule has 2 heterocycles. The molecular weight excluding hydrogens is 433 g/mol. The van der Waals surface area contributed by atoms with Crippen LogP contribution in [0.3, 0.4) is 0 Å². The normalized spacial score (nSPS) is 14.7. The highest BCUT2D eigenvalue weighted by molar-refractivity contribution is 5.95. The number of pyridine rings is 1. The Bertz CT molecular complexity index is 1160. The fraction of sp³-hybridized carbons (Fsp3) is 0.333. The Morgan fingerprint density at radius 2 is 1.94 bits per heavy atom. The molecule has 0 unspecified atom stereocenters. The van der Waals surface area contributed by atoms with Gasteiger partial charge in [0.1, 0.15) is 5.82 Å². The molecule has 6 nitrogen and oxygen atoms in total. The van der Waals surface area contributed by atoms with Gasteiger partial charge in [0.05, 0.1) is 18.4 Å². The highest BCUT2D eigenvalue weighted by atomic mass is 19.1. The summed E-state index contributed by atoms with van der Waals surface area (Å²) in [7, 11) is 1.55. The average molecular weight is 464 g/mol. The fourth-order valence-electron chi connectivity index (χ4n) is 4.47. The number of hydrogen-bond acceptors (Lipinski definition) is 5. The van der Waals surface area contributed by atoms with Crippen molar-refractivity contribution in [1.82, 2.24) is 15.2 Å². The van der Waals surface area contributed by atoms with E-state index in [2.05, 4.69) is 10.2 Å². The summed E-state index contributed by atoms with van der Waals surface area (Å²) in [6, 6.07) is 15.4. The Morgan fingerprint density at radius 3 is 2.68 bits per heavy atom.